The van der Waals surface area contributed by atoms with Crippen molar-refractivity contribution in [3.05, 3.63) is 29.8 Å². The van der Waals surface area contributed by atoms with Crippen LogP contribution in [0.3, 0.4) is 0 Å². The van der Waals surface area contributed by atoms with Crippen LogP contribution in [0, 0.1) is 0 Å². The van der Waals surface area contributed by atoms with Gasteiger partial charge in [-0.2, -0.15) is 0 Å². The minimum atomic E-state index is -0.977. The molecule has 3 N–H and O–H groups in total. The topological polar surface area (TPSA) is 98.7 Å². The zero-order chi connectivity index (χ0) is 17.6. The van der Waals surface area contributed by atoms with Crippen LogP contribution < -0.4 is 10.6 Å². The molecule has 0 bridgehead atoms. The van der Waals surface area contributed by atoms with Gasteiger partial charge in [-0.1, -0.05) is 12.1 Å². The van der Waals surface area contributed by atoms with Crippen LogP contribution in [0.5, 0.6) is 0 Å². The van der Waals surface area contributed by atoms with E-state index in [1.54, 1.807) is 24.3 Å². The maximum atomic E-state index is 12.3. The summed E-state index contributed by atoms with van der Waals surface area (Å²) in [5, 5.41) is 14.1. The Bertz CT molecular complexity index is 593. The van der Waals surface area contributed by atoms with Gasteiger partial charge in [0.25, 0.3) is 5.91 Å². The van der Waals surface area contributed by atoms with Crippen LogP contribution >= 0.6 is 0 Å². The van der Waals surface area contributed by atoms with Gasteiger partial charge in [-0.3, -0.25) is 9.59 Å². The summed E-state index contributed by atoms with van der Waals surface area (Å²) in [6, 6.07) is 6.19. The van der Waals surface area contributed by atoms with E-state index in [1.807, 2.05) is 20.8 Å². The first-order chi connectivity index (χ1) is 10.6. The fourth-order valence-corrected chi connectivity index (χ4v) is 1.77. The van der Waals surface area contributed by atoms with E-state index in [4.69, 9.17) is 5.11 Å². The molecule has 0 aliphatic rings. The Balaban J connectivity index is 2.83. The van der Waals surface area contributed by atoms with Crippen LogP contribution in [-0.2, 0) is 4.79 Å². The highest BCUT2D eigenvalue weighted by atomic mass is 16.4. The first-order valence-electron chi connectivity index (χ1n) is 7.25. The van der Waals surface area contributed by atoms with Gasteiger partial charge in [0.05, 0.1) is 17.7 Å². The number of nitrogens with one attached hydrogen (secondary N) is 2. The van der Waals surface area contributed by atoms with Crippen molar-refractivity contribution in [2.45, 2.75) is 32.7 Å². The normalized spacial score (nSPS) is 10.8. The molecule has 1 aromatic rings. The lowest BCUT2D eigenvalue weighted by atomic mass is 10.1. The summed E-state index contributed by atoms with van der Waals surface area (Å²) in [4.78, 5) is 36.2. The molecule has 0 saturated heterocycles. The lowest BCUT2D eigenvalue weighted by molar-refractivity contribution is -0.137. The van der Waals surface area contributed by atoms with Gasteiger partial charge >= 0.3 is 12.0 Å². The third-order valence-electron chi connectivity index (χ3n) is 2.91. The average molecular weight is 321 g/mol. The molecule has 7 nitrogen and oxygen atoms in total. The maximum absolute atomic E-state index is 12.3. The van der Waals surface area contributed by atoms with Crippen molar-refractivity contribution >= 4 is 23.6 Å². The number of carbonyl (C=O) groups is 3. The van der Waals surface area contributed by atoms with E-state index in [-0.39, 0.29) is 18.9 Å². The fourth-order valence-electron chi connectivity index (χ4n) is 1.77. The van der Waals surface area contributed by atoms with E-state index in [1.165, 1.54) is 11.9 Å². The van der Waals surface area contributed by atoms with Gasteiger partial charge < -0.3 is 20.6 Å². The van der Waals surface area contributed by atoms with Gasteiger partial charge in [0.15, 0.2) is 0 Å². The van der Waals surface area contributed by atoms with Gasteiger partial charge in [-0.05, 0) is 32.9 Å². The monoisotopic (exact) mass is 321 g/mol. The molecule has 1 rings (SSSR count). The molecule has 0 fully saturated rings. The standard InChI is InChI=1S/C16H23N3O4/c1-16(2,3)18-14(22)11-7-5-6-8-12(11)17-15(23)19(4)10-9-13(20)21/h5-8H,9-10H2,1-4H3,(H,17,23)(H,18,22)(H,20,21). The molecular formula is C16H23N3O4. The van der Waals surface area contributed by atoms with Crippen molar-refractivity contribution in [3.8, 4) is 0 Å². The third kappa shape index (κ3) is 6.37. The molecule has 1 aromatic carbocycles. The predicted octanol–water partition coefficient (Wildman–Crippen LogP) is 2.15. The molecule has 0 heterocycles. The van der Waals surface area contributed by atoms with E-state index < -0.39 is 17.5 Å². The molecule has 0 aromatic heterocycles. The first kappa shape index (κ1) is 18.5. The number of anilines is 1. The van der Waals surface area contributed by atoms with Crippen molar-refractivity contribution in [3.63, 3.8) is 0 Å². The summed E-state index contributed by atoms with van der Waals surface area (Å²) < 4.78 is 0. The minimum Gasteiger partial charge on any atom is -0.481 e. The Hall–Kier alpha value is -2.57. The lowest BCUT2D eigenvalue weighted by Crippen LogP contribution is -2.41. The third-order valence-corrected chi connectivity index (χ3v) is 2.91. The molecule has 3 amide bonds. The van der Waals surface area contributed by atoms with Crippen molar-refractivity contribution in [1.82, 2.24) is 10.2 Å². The van der Waals surface area contributed by atoms with E-state index in [9.17, 15) is 14.4 Å². The zero-order valence-corrected chi connectivity index (χ0v) is 13.8. The van der Waals surface area contributed by atoms with Crippen molar-refractivity contribution in [2.24, 2.45) is 0 Å². The summed E-state index contributed by atoms with van der Waals surface area (Å²) in [5.74, 6) is -1.27. The first-order valence-corrected chi connectivity index (χ1v) is 7.25. The van der Waals surface area contributed by atoms with Crippen LogP contribution in [-0.4, -0.2) is 47.0 Å². The van der Waals surface area contributed by atoms with Gasteiger partial charge in [0.2, 0.25) is 0 Å². The number of rotatable bonds is 5. The number of carbonyl (C=O) groups excluding carboxylic acids is 2. The summed E-state index contributed by atoms with van der Waals surface area (Å²) in [7, 11) is 1.50. The molecule has 23 heavy (non-hydrogen) atoms. The quantitative estimate of drug-likeness (QED) is 0.774. The number of aliphatic carboxylic acids is 1. The number of carboxylic acid groups (broad SMARTS) is 1. The van der Waals surface area contributed by atoms with Gasteiger partial charge in [-0.15, -0.1) is 0 Å². The molecular weight excluding hydrogens is 298 g/mol. The molecule has 0 atom stereocenters. The van der Waals surface area contributed by atoms with Gasteiger partial charge in [0.1, 0.15) is 0 Å². The van der Waals surface area contributed by atoms with Gasteiger partial charge in [-0.25, -0.2) is 4.79 Å². The number of nitrogens with zero attached hydrogens (tertiary/aromatic N) is 1. The number of hydrogen-bond acceptors (Lipinski definition) is 3. The van der Waals surface area contributed by atoms with Crippen molar-refractivity contribution < 1.29 is 19.5 Å². The molecule has 0 aliphatic heterocycles. The van der Waals surface area contributed by atoms with Crippen LogP contribution in [0.2, 0.25) is 0 Å². The average Bonchev–Trinajstić information content (AvgIpc) is 2.43. The highest BCUT2D eigenvalue weighted by Crippen LogP contribution is 2.16. The second-order valence-electron chi connectivity index (χ2n) is 6.25. The van der Waals surface area contributed by atoms with Crippen molar-refractivity contribution in [2.75, 3.05) is 18.9 Å². The Labute approximate surface area is 135 Å². The van der Waals surface area contributed by atoms with Gasteiger partial charge in [0, 0.05) is 19.1 Å². The minimum absolute atomic E-state index is 0.0809. The summed E-state index contributed by atoms with van der Waals surface area (Å²) >= 11 is 0. The summed E-state index contributed by atoms with van der Waals surface area (Å²) in [6.45, 7) is 5.68. The molecule has 7 heteroatoms. The predicted molar refractivity (Wildman–Crippen MR) is 87.6 cm³/mol. The number of amides is 3. The number of urea groups is 1. The molecule has 0 radical (unpaired) electrons. The molecule has 0 spiro atoms. The Morgan fingerprint density at radius 2 is 1.78 bits per heavy atom. The highest BCUT2D eigenvalue weighted by molar-refractivity contribution is 6.03. The smallest absolute Gasteiger partial charge is 0.321 e. The van der Waals surface area contributed by atoms with E-state index in [0.717, 1.165) is 0 Å². The number of carboxylic acids is 1. The maximum Gasteiger partial charge on any atom is 0.321 e. The van der Waals surface area contributed by atoms with E-state index in [0.29, 0.717) is 11.3 Å². The number of para-hydroxylation sites is 1. The number of benzene rings is 1. The molecule has 0 saturated carbocycles. The highest BCUT2D eigenvalue weighted by Gasteiger charge is 2.19. The van der Waals surface area contributed by atoms with E-state index in [2.05, 4.69) is 10.6 Å². The van der Waals surface area contributed by atoms with Crippen LogP contribution in [0.15, 0.2) is 24.3 Å². The zero-order valence-electron chi connectivity index (χ0n) is 13.8. The Morgan fingerprint density at radius 1 is 1.17 bits per heavy atom. The second kappa shape index (κ2) is 7.62. The van der Waals surface area contributed by atoms with Crippen LogP contribution in [0.25, 0.3) is 0 Å². The SMILES string of the molecule is CN(CCC(=O)O)C(=O)Nc1ccccc1C(=O)NC(C)(C)C. The Kier molecular flexibility index (Phi) is 6.12. The Morgan fingerprint density at radius 3 is 2.35 bits per heavy atom. The second-order valence-corrected chi connectivity index (χ2v) is 6.25. The van der Waals surface area contributed by atoms with Crippen LogP contribution in [0.1, 0.15) is 37.6 Å². The summed E-state index contributed by atoms with van der Waals surface area (Å²) in [5.41, 5.74) is 0.329. The molecule has 126 valence electrons. The number of hydrogen-bond donors (Lipinski definition) is 3. The van der Waals surface area contributed by atoms with E-state index >= 15 is 0 Å². The lowest BCUT2D eigenvalue weighted by Gasteiger charge is -2.22. The largest absolute Gasteiger partial charge is 0.481 e. The molecule has 0 unspecified atom stereocenters. The van der Waals surface area contributed by atoms with Crippen molar-refractivity contribution in [1.29, 1.82) is 0 Å². The fraction of sp³-hybridized carbons (Fsp3) is 0.438. The molecule has 0 aliphatic carbocycles. The van der Waals surface area contributed by atoms with Crippen LogP contribution in [0.4, 0.5) is 10.5 Å². The summed E-state index contributed by atoms with van der Waals surface area (Å²) in [6.07, 6.45) is -0.143.